The molecule has 0 aliphatic heterocycles. The van der Waals surface area contributed by atoms with Crippen LogP contribution in [0.3, 0.4) is 0 Å². The molecule has 4 aromatic carbocycles. The molecule has 0 saturated carbocycles. The van der Waals surface area contributed by atoms with Crippen LogP contribution < -0.4 is 9.47 Å². The summed E-state index contributed by atoms with van der Waals surface area (Å²) in [5.74, 6) is 1.81. The zero-order valence-corrected chi connectivity index (χ0v) is 44.7. The third-order valence-electron chi connectivity index (χ3n) is 13.1. The SMILES string of the molecule is CCCCCCCCOc1cccc(-c2nc3c(C)ccc(-c4cc5sc(-c6c(OCCCCCCCC)c(C)c(-c7cc8sc(C)cc8s7)c7nsnc67)cc5s4)c3nc2-c2cccc(C)c2)c1. The van der Waals surface area contributed by atoms with Crippen molar-refractivity contribution in [3.8, 4) is 65.3 Å². The minimum Gasteiger partial charge on any atom is -0.494 e. The van der Waals surface area contributed by atoms with Crippen molar-refractivity contribution in [3.05, 3.63) is 106 Å². The van der Waals surface area contributed by atoms with Crippen LogP contribution >= 0.6 is 57.1 Å². The second kappa shape index (κ2) is 21.5. The molecule has 354 valence electrons. The second-order valence-electron chi connectivity index (χ2n) is 18.5. The average molecular weight is 1010 g/mol. The molecule has 0 N–H and O–H groups in total. The van der Waals surface area contributed by atoms with Crippen molar-refractivity contribution in [2.45, 2.75) is 119 Å². The Balaban J connectivity index is 1.02. The number of ether oxygens (including phenoxy) is 2. The van der Waals surface area contributed by atoms with Gasteiger partial charge >= 0.3 is 0 Å². The topological polar surface area (TPSA) is 70.0 Å². The molecule has 0 aliphatic carbocycles. The van der Waals surface area contributed by atoms with Crippen molar-refractivity contribution in [1.82, 2.24) is 18.7 Å². The highest BCUT2D eigenvalue weighted by molar-refractivity contribution is 7.31. The first-order valence-electron chi connectivity index (χ1n) is 24.9. The zero-order chi connectivity index (χ0) is 47.4. The Morgan fingerprint density at radius 2 is 1.04 bits per heavy atom. The fourth-order valence-corrected chi connectivity index (χ4v) is 14.9. The smallest absolute Gasteiger partial charge is 0.133 e. The number of aryl methyl sites for hydroxylation is 3. The highest BCUT2D eigenvalue weighted by atomic mass is 32.1. The molecule has 0 radical (unpaired) electrons. The molecule has 0 atom stereocenters. The van der Waals surface area contributed by atoms with Gasteiger partial charge in [0.2, 0.25) is 0 Å². The predicted octanol–water partition coefficient (Wildman–Crippen LogP) is 19.2. The van der Waals surface area contributed by atoms with E-state index in [1.165, 1.54) is 115 Å². The van der Waals surface area contributed by atoms with Gasteiger partial charge < -0.3 is 9.47 Å². The van der Waals surface area contributed by atoms with E-state index in [0.717, 1.165) is 102 Å². The molecule has 11 heteroatoms. The first-order valence-corrected chi connectivity index (χ1v) is 28.8. The van der Waals surface area contributed by atoms with Crippen LogP contribution in [0.2, 0.25) is 0 Å². The molecular formula is C58H60N4O2S5. The number of rotatable bonds is 21. The number of unbranched alkanes of at least 4 members (excludes halogenated alkanes) is 10. The fourth-order valence-electron chi connectivity index (χ4n) is 9.50. The molecule has 0 amide bonds. The summed E-state index contributed by atoms with van der Waals surface area (Å²) in [6.07, 6.45) is 14.7. The molecule has 6 heterocycles. The van der Waals surface area contributed by atoms with Crippen LogP contribution in [0.25, 0.3) is 94.7 Å². The third-order valence-corrected chi connectivity index (χ3v) is 18.2. The largest absolute Gasteiger partial charge is 0.494 e. The fraction of sp³-hybridized carbons (Fsp3) is 0.345. The maximum absolute atomic E-state index is 6.94. The molecule has 0 bridgehead atoms. The monoisotopic (exact) mass is 1000 g/mol. The number of hydrogen-bond donors (Lipinski definition) is 0. The Bertz CT molecular complexity index is 3340. The lowest BCUT2D eigenvalue weighted by Gasteiger charge is -2.17. The van der Waals surface area contributed by atoms with Crippen molar-refractivity contribution < 1.29 is 9.47 Å². The summed E-state index contributed by atoms with van der Waals surface area (Å²) in [4.78, 5) is 16.0. The van der Waals surface area contributed by atoms with Gasteiger partial charge in [-0.15, -0.1) is 45.3 Å². The van der Waals surface area contributed by atoms with Crippen molar-refractivity contribution in [2.75, 3.05) is 13.2 Å². The summed E-state index contributed by atoms with van der Waals surface area (Å²) in [7, 11) is 0. The van der Waals surface area contributed by atoms with Crippen LogP contribution in [0, 0.1) is 27.7 Å². The first-order chi connectivity index (χ1) is 33.8. The lowest BCUT2D eigenvalue weighted by Crippen LogP contribution is -2.02. The minimum atomic E-state index is 0.678. The van der Waals surface area contributed by atoms with Crippen LogP contribution in [0.4, 0.5) is 0 Å². The summed E-state index contributed by atoms with van der Waals surface area (Å²) < 4.78 is 28.4. The third kappa shape index (κ3) is 10.1. The molecule has 0 unspecified atom stereocenters. The van der Waals surface area contributed by atoms with Crippen molar-refractivity contribution >= 4 is 97.9 Å². The maximum Gasteiger partial charge on any atom is 0.133 e. The summed E-state index contributed by atoms with van der Waals surface area (Å²) in [6, 6.07) is 30.8. The number of benzene rings is 4. The van der Waals surface area contributed by atoms with E-state index in [4.69, 9.17) is 28.2 Å². The molecule has 10 rings (SSSR count). The summed E-state index contributed by atoms with van der Waals surface area (Å²) in [6.45, 7) is 14.6. The van der Waals surface area contributed by atoms with Crippen LogP contribution in [0.1, 0.15) is 112 Å². The summed E-state index contributed by atoms with van der Waals surface area (Å²) in [5.41, 5.74) is 14.2. The molecule has 6 nitrogen and oxygen atoms in total. The van der Waals surface area contributed by atoms with E-state index in [-0.39, 0.29) is 0 Å². The first kappa shape index (κ1) is 47.6. The highest BCUT2D eigenvalue weighted by Crippen LogP contribution is 2.52. The molecule has 6 aromatic heterocycles. The number of aromatic nitrogens is 4. The van der Waals surface area contributed by atoms with Gasteiger partial charge in [0.15, 0.2) is 0 Å². The standard InChI is InChI=1S/C58H60N4O2S5/c1-7-9-11-13-15-17-27-63-41-24-20-23-40(31-41)54-53(39-22-19-21-35(3)29-39)60-55-42(26-25-36(4)52(55)59-54)43-32-46-47(66-43)34-49(68-46)51-57-56(61-69-62-57)50(48-33-45-44(67-48)30-37(5)65-45)38(6)58(51)64-28-18-16-14-12-10-8-2/h19-26,29-34H,7-18,27-28H2,1-6H3. The predicted molar refractivity (Wildman–Crippen MR) is 301 cm³/mol. The van der Waals surface area contributed by atoms with Gasteiger partial charge in [0, 0.05) is 66.1 Å². The van der Waals surface area contributed by atoms with E-state index in [0.29, 0.717) is 13.2 Å². The zero-order valence-electron chi connectivity index (χ0n) is 40.6. The molecule has 0 spiro atoms. The summed E-state index contributed by atoms with van der Waals surface area (Å²) >= 11 is 8.63. The number of nitrogens with zero attached hydrogens (tertiary/aromatic N) is 4. The van der Waals surface area contributed by atoms with Gasteiger partial charge in [-0.25, -0.2) is 9.97 Å². The molecule has 69 heavy (non-hydrogen) atoms. The Kier molecular flexibility index (Phi) is 14.9. The van der Waals surface area contributed by atoms with Crippen LogP contribution in [0.15, 0.2) is 84.9 Å². The quantitative estimate of drug-likeness (QED) is 0.0668. The Labute approximate surface area is 426 Å². The number of hydrogen-bond acceptors (Lipinski definition) is 11. The van der Waals surface area contributed by atoms with Crippen LogP contribution in [0.5, 0.6) is 11.5 Å². The van der Waals surface area contributed by atoms with Gasteiger partial charge in [-0.2, -0.15) is 8.75 Å². The lowest BCUT2D eigenvalue weighted by molar-refractivity contribution is 0.304. The lowest BCUT2D eigenvalue weighted by atomic mass is 9.98. The minimum absolute atomic E-state index is 0.678. The van der Waals surface area contributed by atoms with E-state index in [2.05, 4.69) is 126 Å². The van der Waals surface area contributed by atoms with Gasteiger partial charge in [-0.05, 0) is 88.6 Å². The molecular weight excluding hydrogens is 945 g/mol. The Hall–Kier alpha value is -5.04. The number of thiophene rings is 4. The Morgan fingerprint density at radius 1 is 0.478 bits per heavy atom. The van der Waals surface area contributed by atoms with E-state index in [9.17, 15) is 0 Å². The van der Waals surface area contributed by atoms with Gasteiger partial charge in [-0.1, -0.05) is 126 Å². The van der Waals surface area contributed by atoms with Crippen LogP contribution in [-0.4, -0.2) is 31.9 Å². The Morgan fingerprint density at radius 3 is 1.74 bits per heavy atom. The van der Waals surface area contributed by atoms with Gasteiger partial charge in [0.05, 0.1) is 52.9 Å². The second-order valence-corrected chi connectivity index (χ2v) is 23.6. The maximum atomic E-state index is 6.94. The average Bonchev–Trinajstić information content (AvgIpc) is 4.20. The van der Waals surface area contributed by atoms with Gasteiger partial charge in [0.1, 0.15) is 22.5 Å². The number of fused-ring (bicyclic) bond motifs is 4. The van der Waals surface area contributed by atoms with E-state index >= 15 is 0 Å². The van der Waals surface area contributed by atoms with Crippen molar-refractivity contribution in [2.24, 2.45) is 0 Å². The van der Waals surface area contributed by atoms with Crippen LogP contribution in [-0.2, 0) is 0 Å². The summed E-state index contributed by atoms with van der Waals surface area (Å²) in [5, 5.41) is 0. The normalized spacial score (nSPS) is 11.9. The molecule has 10 aromatic rings. The van der Waals surface area contributed by atoms with E-state index in [1.54, 1.807) is 0 Å². The van der Waals surface area contributed by atoms with Gasteiger partial charge in [0.25, 0.3) is 0 Å². The van der Waals surface area contributed by atoms with E-state index < -0.39 is 0 Å². The van der Waals surface area contributed by atoms with Crippen molar-refractivity contribution in [3.63, 3.8) is 0 Å². The molecule has 0 saturated heterocycles. The van der Waals surface area contributed by atoms with Crippen molar-refractivity contribution in [1.29, 1.82) is 0 Å². The highest BCUT2D eigenvalue weighted by Gasteiger charge is 2.27. The molecule has 0 fully saturated rings. The van der Waals surface area contributed by atoms with E-state index in [1.807, 2.05) is 45.3 Å². The van der Waals surface area contributed by atoms with Gasteiger partial charge in [-0.3, -0.25) is 0 Å². The molecule has 0 aliphatic rings.